The number of anilines is 1. The van der Waals surface area contributed by atoms with Crippen molar-refractivity contribution in [2.24, 2.45) is 0 Å². The minimum Gasteiger partial charge on any atom is -0.370 e. The molecule has 1 N–H and O–H groups in total. The van der Waals surface area contributed by atoms with Crippen LogP contribution in [0.4, 0.5) is 10.2 Å². The van der Waals surface area contributed by atoms with Gasteiger partial charge in [-0.15, -0.1) is 0 Å². The Morgan fingerprint density at radius 1 is 1.24 bits per heavy atom. The first kappa shape index (κ1) is 15.9. The van der Waals surface area contributed by atoms with Crippen LogP contribution >= 0.6 is 15.9 Å². The Labute approximate surface area is 133 Å². The van der Waals surface area contributed by atoms with Gasteiger partial charge in [-0.3, -0.25) is 0 Å². The molecule has 0 aliphatic rings. The molecule has 0 saturated carbocycles. The SMILES string of the molecule is CCCNc1nc(-c2ccc(Br)c(F)c2)nc(CC)c1C. The van der Waals surface area contributed by atoms with Crippen molar-refractivity contribution in [3.63, 3.8) is 0 Å². The van der Waals surface area contributed by atoms with Crippen LogP contribution in [-0.2, 0) is 6.42 Å². The van der Waals surface area contributed by atoms with Crippen molar-refractivity contribution >= 4 is 21.7 Å². The lowest BCUT2D eigenvalue weighted by molar-refractivity contribution is 0.621. The Kier molecular flexibility index (Phi) is 5.28. The van der Waals surface area contributed by atoms with Gasteiger partial charge in [-0.2, -0.15) is 0 Å². The lowest BCUT2D eigenvalue weighted by Gasteiger charge is -2.13. The van der Waals surface area contributed by atoms with Crippen LogP contribution < -0.4 is 5.32 Å². The van der Waals surface area contributed by atoms with Crippen LogP contribution in [0.15, 0.2) is 22.7 Å². The van der Waals surface area contributed by atoms with Crippen molar-refractivity contribution in [1.82, 2.24) is 9.97 Å². The standard InChI is InChI=1S/C16H19BrFN3/c1-4-8-19-15-10(3)14(5-2)20-16(21-15)11-6-7-12(17)13(18)9-11/h6-7,9H,4-5,8H2,1-3H3,(H,19,20,21). The van der Waals surface area contributed by atoms with Gasteiger partial charge in [0.05, 0.1) is 4.47 Å². The number of benzene rings is 1. The summed E-state index contributed by atoms with van der Waals surface area (Å²) < 4.78 is 14.2. The summed E-state index contributed by atoms with van der Waals surface area (Å²) in [6.45, 7) is 7.04. The van der Waals surface area contributed by atoms with E-state index in [1.54, 1.807) is 6.07 Å². The van der Waals surface area contributed by atoms with Gasteiger partial charge in [0.15, 0.2) is 5.82 Å². The summed E-state index contributed by atoms with van der Waals surface area (Å²) >= 11 is 3.16. The Hall–Kier alpha value is -1.49. The molecule has 5 heteroatoms. The molecule has 0 atom stereocenters. The van der Waals surface area contributed by atoms with Gasteiger partial charge in [0.1, 0.15) is 11.6 Å². The van der Waals surface area contributed by atoms with Crippen molar-refractivity contribution in [1.29, 1.82) is 0 Å². The first-order chi connectivity index (χ1) is 10.1. The van der Waals surface area contributed by atoms with Crippen LogP contribution in [0.1, 0.15) is 31.5 Å². The predicted molar refractivity (Wildman–Crippen MR) is 88.0 cm³/mol. The van der Waals surface area contributed by atoms with Crippen LogP contribution in [0.3, 0.4) is 0 Å². The van der Waals surface area contributed by atoms with E-state index < -0.39 is 0 Å². The molecule has 0 amide bonds. The van der Waals surface area contributed by atoms with Gasteiger partial charge in [-0.25, -0.2) is 14.4 Å². The average Bonchev–Trinajstić information content (AvgIpc) is 2.49. The molecule has 2 rings (SSSR count). The fourth-order valence-corrected chi connectivity index (χ4v) is 2.33. The molecule has 0 bridgehead atoms. The lowest BCUT2D eigenvalue weighted by atomic mass is 10.1. The minimum atomic E-state index is -0.308. The topological polar surface area (TPSA) is 37.8 Å². The molecule has 0 fully saturated rings. The second kappa shape index (κ2) is 6.98. The summed E-state index contributed by atoms with van der Waals surface area (Å²) in [4.78, 5) is 9.12. The molecule has 0 saturated heterocycles. The monoisotopic (exact) mass is 351 g/mol. The maximum absolute atomic E-state index is 13.7. The summed E-state index contributed by atoms with van der Waals surface area (Å²) in [5, 5.41) is 3.32. The van der Waals surface area contributed by atoms with Crippen molar-refractivity contribution in [2.75, 3.05) is 11.9 Å². The first-order valence-electron chi connectivity index (χ1n) is 7.13. The molecule has 1 aromatic heterocycles. The number of halogens is 2. The Morgan fingerprint density at radius 3 is 2.62 bits per heavy atom. The van der Waals surface area contributed by atoms with E-state index in [-0.39, 0.29) is 5.82 Å². The molecular formula is C16H19BrFN3. The third-order valence-corrected chi connectivity index (χ3v) is 3.94. The Morgan fingerprint density at radius 2 is 2.00 bits per heavy atom. The molecule has 112 valence electrons. The van der Waals surface area contributed by atoms with E-state index in [1.807, 2.05) is 13.0 Å². The molecule has 0 aliphatic heterocycles. The Bertz CT molecular complexity index is 644. The summed E-state index contributed by atoms with van der Waals surface area (Å²) in [5.41, 5.74) is 2.74. The van der Waals surface area contributed by atoms with Crippen LogP contribution in [0, 0.1) is 12.7 Å². The van der Waals surface area contributed by atoms with Gasteiger partial charge in [-0.1, -0.05) is 13.8 Å². The molecule has 0 spiro atoms. The summed E-state index contributed by atoms with van der Waals surface area (Å²) in [6.07, 6.45) is 1.84. The lowest BCUT2D eigenvalue weighted by Crippen LogP contribution is -2.08. The first-order valence-corrected chi connectivity index (χ1v) is 7.92. The van der Waals surface area contributed by atoms with E-state index in [1.165, 1.54) is 6.07 Å². The molecule has 1 aromatic carbocycles. The highest BCUT2D eigenvalue weighted by Crippen LogP contribution is 2.25. The molecule has 0 radical (unpaired) electrons. The van der Waals surface area contributed by atoms with E-state index in [0.717, 1.165) is 36.5 Å². The maximum atomic E-state index is 13.7. The molecular weight excluding hydrogens is 333 g/mol. The van der Waals surface area contributed by atoms with Crippen molar-refractivity contribution in [3.05, 3.63) is 39.7 Å². The molecule has 1 heterocycles. The maximum Gasteiger partial charge on any atom is 0.161 e. The Balaban J connectivity index is 2.49. The highest BCUT2D eigenvalue weighted by atomic mass is 79.9. The van der Waals surface area contributed by atoms with Gasteiger partial charge >= 0.3 is 0 Å². The zero-order valence-corrected chi connectivity index (χ0v) is 14.1. The molecule has 2 aromatic rings. The van der Waals surface area contributed by atoms with Crippen LogP contribution in [0.5, 0.6) is 0 Å². The van der Waals surface area contributed by atoms with E-state index >= 15 is 0 Å². The fraction of sp³-hybridized carbons (Fsp3) is 0.375. The summed E-state index contributed by atoms with van der Waals surface area (Å²) in [6, 6.07) is 4.96. The second-order valence-electron chi connectivity index (χ2n) is 4.88. The number of nitrogens with zero attached hydrogens (tertiary/aromatic N) is 2. The van der Waals surface area contributed by atoms with E-state index in [9.17, 15) is 4.39 Å². The van der Waals surface area contributed by atoms with E-state index in [4.69, 9.17) is 0 Å². The minimum absolute atomic E-state index is 0.308. The van der Waals surface area contributed by atoms with Crippen molar-refractivity contribution in [3.8, 4) is 11.4 Å². The fourth-order valence-electron chi connectivity index (χ4n) is 2.09. The van der Waals surface area contributed by atoms with Gasteiger partial charge in [0.2, 0.25) is 0 Å². The zero-order chi connectivity index (χ0) is 15.4. The third kappa shape index (κ3) is 3.59. The zero-order valence-electron chi connectivity index (χ0n) is 12.5. The number of aryl methyl sites for hydroxylation is 1. The molecule has 3 nitrogen and oxygen atoms in total. The number of hydrogen-bond acceptors (Lipinski definition) is 3. The largest absolute Gasteiger partial charge is 0.370 e. The molecule has 0 unspecified atom stereocenters. The normalized spacial score (nSPS) is 10.7. The van der Waals surface area contributed by atoms with Crippen molar-refractivity contribution in [2.45, 2.75) is 33.6 Å². The third-order valence-electron chi connectivity index (χ3n) is 3.30. The van der Waals surface area contributed by atoms with Gasteiger partial charge in [0, 0.05) is 23.4 Å². The number of aromatic nitrogens is 2. The van der Waals surface area contributed by atoms with Gasteiger partial charge < -0.3 is 5.32 Å². The van der Waals surface area contributed by atoms with Gasteiger partial charge in [0.25, 0.3) is 0 Å². The summed E-state index contributed by atoms with van der Waals surface area (Å²) in [7, 11) is 0. The predicted octanol–water partition coefficient (Wildman–Crippen LogP) is 4.74. The average molecular weight is 352 g/mol. The second-order valence-corrected chi connectivity index (χ2v) is 5.73. The van der Waals surface area contributed by atoms with E-state index in [0.29, 0.717) is 15.9 Å². The van der Waals surface area contributed by atoms with E-state index in [2.05, 4.69) is 45.1 Å². The molecule has 0 aliphatic carbocycles. The number of nitrogens with one attached hydrogen (secondary N) is 1. The molecule has 21 heavy (non-hydrogen) atoms. The highest BCUT2D eigenvalue weighted by Gasteiger charge is 2.12. The quantitative estimate of drug-likeness (QED) is 0.845. The van der Waals surface area contributed by atoms with Gasteiger partial charge in [-0.05, 0) is 53.9 Å². The van der Waals surface area contributed by atoms with Crippen LogP contribution in [0.25, 0.3) is 11.4 Å². The van der Waals surface area contributed by atoms with Crippen molar-refractivity contribution < 1.29 is 4.39 Å². The summed E-state index contributed by atoms with van der Waals surface area (Å²) in [5.74, 6) is 1.09. The smallest absolute Gasteiger partial charge is 0.161 e. The number of hydrogen-bond donors (Lipinski definition) is 1. The van der Waals surface area contributed by atoms with Crippen LogP contribution in [0.2, 0.25) is 0 Å². The number of rotatable bonds is 5. The van der Waals surface area contributed by atoms with Crippen LogP contribution in [-0.4, -0.2) is 16.5 Å². The highest BCUT2D eigenvalue weighted by molar-refractivity contribution is 9.10.